The van der Waals surface area contributed by atoms with E-state index in [4.69, 9.17) is 0 Å². The van der Waals surface area contributed by atoms with Crippen LogP contribution in [0.4, 0.5) is 0 Å². The third kappa shape index (κ3) is 1.97. The molecular formula is C7H14O2S. The van der Waals surface area contributed by atoms with Crippen molar-refractivity contribution < 1.29 is 8.42 Å². The topological polar surface area (TPSA) is 34.1 Å². The van der Waals surface area contributed by atoms with Crippen molar-refractivity contribution in [2.24, 2.45) is 5.92 Å². The molecule has 2 atom stereocenters. The summed E-state index contributed by atoms with van der Waals surface area (Å²) in [4.78, 5) is 0. The standard InChI is InChI=1S/C7H14O2S/c1-6-3-2-4-7(5-6)10(8)9/h6-7,10H,2-5H2,1H3. The summed E-state index contributed by atoms with van der Waals surface area (Å²) in [7, 11) is -2.15. The van der Waals surface area contributed by atoms with Gasteiger partial charge < -0.3 is 0 Å². The normalized spacial score (nSPS) is 34.6. The summed E-state index contributed by atoms with van der Waals surface area (Å²) in [6, 6.07) is 0. The summed E-state index contributed by atoms with van der Waals surface area (Å²) in [5, 5.41) is -0.0150. The van der Waals surface area contributed by atoms with Crippen LogP contribution in [0.15, 0.2) is 0 Å². The van der Waals surface area contributed by atoms with E-state index in [1.165, 1.54) is 6.42 Å². The summed E-state index contributed by atoms with van der Waals surface area (Å²) in [6.07, 6.45) is 4.08. The minimum Gasteiger partial charge on any atom is -0.232 e. The second-order valence-electron chi connectivity index (χ2n) is 3.21. The van der Waals surface area contributed by atoms with Crippen molar-refractivity contribution >= 4 is 10.7 Å². The lowest BCUT2D eigenvalue weighted by molar-refractivity contribution is 0.385. The molecule has 1 fully saturated rings. The maximum absolute atomic E-state index is 10.5. The lowest BCUT2D eigenvalue weighted by Gasteiger charge is -2.21. The first-order valence-corrected chi connectivity index (χ1v) is 5.08. The van der Waals surface area contributed by atoms with E-state index in [2.05, 4.69) is 6.92 Å². The first-order chi connectivity index (χ1) is 4.70. The highest BCUT2D eigenvalue weighted by Gasteiger charge is 2.20. The zero-order valence-electron chi connectivity index (χ0n) is 6.25. The molecule has 0 spiro atoms. The van der Waals surface area contributed by atoms with Gasteiger partial charge in [0.05, 0.1) is 5.25 Å². The monoisotopic (exact) mass is 162 g/mol. The molecule has 60 valence electrons. The van der Waals surface area contributed by atoms with Gasteiger partial charge in [0.15, 0.2) is 0 Å². The molecule has 3 heteroatoms. The zero-order chi connectivity index (χ0) is 7.56. The minimum atomic E-state index is -2.15. The highest BCUT2D eigenvalue weighted by atomic mass is 32.2. The predicted molar refractivity (Wildman–Crippen MR) is 41.7 cm³/mol. The molecule has 0 amide bonds. The molecule has 0 heterocycles. The molecule has 10 heavy (non-hydrogen) atoms. The number of thiol groups is 1. The summed E-state index contributed by atoms with van der Waals surface area (Å²) in [6.45, 7) is 2.13. The van der Waals surface area contributed by atoms with Crippen LogP contribution in [-0.2, 0) is 10.7 Å². The van der Waals surface area contributed by atoms with Crippen molar-refractivity contribution in [3.63, 3.8) is 0 Å². The van der Waals surface area contributed by atoms with Gasteiger partial charge in [-0.1, -0.05) is 19.8 Å². The van der Waals surface area contributed by atoms with E-state index in [9.17, 15) is 8.42 Å². The molecule has 0 aliphatic heterocycles. The van der Waals surface area contributed by atoms with Crippen molar-refractivity contribution in [3.05, 3.63) is 0 Å². The van der Waals surface area contributed by atoms with E-state index in [1.54, 1.807) is 0 Å². The Labute approximate surface area is 63.6 Å². The molecular weight excluding hydrogens is 148 g/mol. The Bertz CT molecular complexity index is 166. The van der Waals surface area contributed by atoms with Gasteiger partial charge in [-0.3, -0.25) is 0 Å². The zero-order valence-corrected chi connectivity index (χ0v) is 7.14. The SMILES string of the molecule is CC1CCCC([SH](=O)=O)C1. The fourth-order valence-corrected chi connectivity index (χ4v) is 2.52. The van der Waals surface area contributed by atoms with Gasteiger partial charge in [-0.15, -0.1) is 0 Å². The molecule has 0 radical (unpaired) electrons. The van der Waals surface area contributed by atoms with Gasteiger partial charge in [0.1, 0.15) is 10.7 Å². The van der Waals surface area contributed by atoms with Crippen LogP contribution in [0.3, 0.4) is 0 Å². The Hall–Kier alpha value is -0.0500. The largest absolute Gasteiger partial charge is 0.232 e. The van der Waals surface area contributed by atoms with Crippen LogP contribution in [0.1, 0.15) is 32.6 Å². The van der Waals surface area contributed by atoms with Crippen molar-refractivity contribution in [2.75, 3.05) is 0 Å². The maximum Gasteiger partial charge on any atom is 0.143 e. The Kier molecular flexibility index (Phi) is 2.72. The van der Waals surface area contributed by atoms with Gasteiger partial charge in [-0.2, -0.15) is 0 Å². The molecule has 0 aromatic heterocycles. The molecule has 1 aliphatic rings. The van der Waals surface area contributed by atoms with Crippen molar-refractivity contribution in [1.29, 1.82) is 0 Å². The average Bonchev–Trinajstić information content (AvgIpc) is 1.88. The summed E-state index contributed by atoms with van der Waals surface area (Å²) < 4.78 is 21.1. The van der Waals surface area contributed by atoms with Crippen LogP contribution in [0.5, 0.6) is 0 Å². The van der Waals surface area contributed by atoms with E-state index in [0.717, 1.165) is 19.3 Å². The van der Waals surface area contributed by atoms with Gasteiger partial charge in [-0.05, 0) is 18.8 Å². The molecule has 1 saturated carbocycles. The molecule has 0 saturated heterocycles. The van der Waals surface area contributed by atoms with Crippen molar-refractivity contribution in [2.45, 2.75) is 37.9 Å². The Morgan fingerprint density at radius 3 is 2.40 bits per heavy atom. The molecule has 0 aromatic carbocycles. The van der Waals surface area contributed by atoms with Gasteiger partial charge in [-0.25, -0.2) is 8.42 Å². The molecule has 0 aromatic rings. The smallest absolute Gasteiger partial charge is 0.143 e. The Morgan fingerprint density at radius 1 is 1.30 bits per heavy atom. The lowest BCUT2D eigenvalue weighted by Crippen LogP contribution is -2.19. The highest BCUT2D eigenvalue weighted by Crippen LogP contribution is 2.24. The number of hydrogen-bond donors (Lipinski definition) is 1. The van der Waals surface area contributed by atoms with Crippen molar-refractivity contribution in [1.82, 2.24) is 0 Å². The van der Waals surface area contributed by atoms with Gasteiger partial charge in [0.2, 0.25) is 0 Å². The average molecular weight is 162 g/mol. The molecule has 1 rings (SSSR count). The van der Waals surface area contributed by atoms with Crippen LogP contribution < -0.4 is 0 Å². The molecule has 2 nitrogen and oxygen atoms in total. The molecule has 2 unspecified atom stereocenters. The Balaban J connectivity index is 2.47. The minimum absolute atomic E-state index is 0.0150. The molecule has 0 N–H and O–H groups in total. The lowest BCUT2D eigenvalue weighted by atomic mass is 9.91. The summed E-state index contributed by atoms with van der Waals surface area (Å²) in [5.41, 5.74) is 0. The van der Waals surface area contributed by atoms with Gasteiger partial charge in [0, 0.05) is 0 Å². The van der Waals surface area contributed by atoms with Crippen molar-refractivity contribution in [3.8, 4) is 0 Å². The van der Waals surface area contributed by atoms with E-state index in [1.807, 2.05) is 0 Å². The Morgan fingerprint density at radius 2 is 2.00 bits per heavy atom. The predicted octanol–water partition coefficient (Wildman–Crippen LogP) is 1.18. The quantitative estimate of drug-likeness (QED) is 0.587. The third-order valence-corrected chi connectivity index (χ3v) is 3.27. The van der Waals surface area contributed by atoms with Gasteiger partial charge in [0.25, 0.3) is 0 Å². The van der Waals surface area contributed by atoms with E-state index in [-0.39, 0.29) is 5.25 Å². The third-order valence-electron chi connectivity index (χ3n) is 2.21. The molecule has 0 bridgehead atoms. The number of hydrogen-bond acceptors (Lipinski definition) is 2. The summed E-state index contributed by atoms with van der Waals surface area (Å²) >= 11 is 0. The highest BCUT2D eigenvalue weighted by molar-refractivity contribution is 7.73. The fourth-order valence-electron chi connectivity index (χ4n) is 1.59. The van der Waals surface area contributed by atoms with Crippen LogP contribution >= 0.6 is 0 Å². The first kappa shape index (κ1) is 8.05. The van der Waals surface area contributed by atoms with Gasteiger partial charge >= 0.3 is 0 Å². The van der Waals surface area contributed by atoms with E-state index < -0.39 is 10.7 Å². The van der Waals surface area contributed by atoms with E-state index >= 15 is 0 Å². The second kappa shape index (κ2) is 3.37. The van der Waals surface area contributed by atoms with E-state index in [0.29, 0.717) is 5.92 Å². The number of rotatable bonds is 1. The van der Waals surface area contributed by atoms with Crippen LogP contribution in [0, 0.1) is 5.92 Å². The van der Waals surface area contributed by atoms with Crippen LogP contribution in [-0.4, -0.2) is 13.7 Å². The fraction of sp³-hybridized carbons (Fsp3) is 1.00. The first-order valence-electron chi connectivity index (χ1n) is 3.83. The van der Waals surface area contributed by atoms with Crippen LogP contribution in [0.2, 0.25) is 0 Å². The maximum atomic E-state index is 10.5. The summed E-state index contributed by atoms with van der Waals surface area (Å²) in [5.74, 6) is 0.617. The second-order valence-corrected chi connectivity index (χ2v) is 4.51. The molecule has 1 aliphatic carbocycles. The van der Waals surface area contributed by atoms with Crippen LogP contribution in [0.25, 0.3) is 0 Å².